The van der Waals surface area contributed by atoms with Crippen LogP contribution in [0.2, 0.25) is 0 Å². The lowest BCUT2D eigenvalue weighted by molar-refractivity contribution is -0.128. The monoisotopic (exact) mass is 542 g/mol. The van der Waals surface area contributed by atoms with Crippen LogP contribution in [0, 0.1) is 6.42 Å². The summed E-state index contributed by atoms with van der Waals surface area (Å²) in [6.07, 6.45) is 12.1. The van der Waals surface area contributed by atoms with Gasteiger partial charge in [-0.2, -0.15) is 10.1 Å². The number of hydrogen-bond donors (Lipinski definition) is 1. The van der Waals surface area contributed by atoms with E-state index in [0.717, 1.165) is 57.1 Å². The van der Waals surface area contributed by atoms with Crippen LogP contribution >= 0.6 is 0 Å². The minimum Gasteiger partial charge on any atom is -0.473 e. The lowest BCUT2D eigenvalue weighted by atomic mass is 9.64. The minimum atomic E-state index is -0.590. The Bertz CT molecular complexity index is 1660. The van der Waals surface area contributed by atoms with Crippen LogP contribution in [0.25, 0.3) is 28.2 Å². The van der Waals surface area contributed by atoms with Crippen molar-refractivity contribution >= 4 is 16.7 Å². The first kappa shape index (κ1) is 25.0. The number of nitrogens with zero attached hydrogens (tertiary/aromatic N) is 6. The van der Waals surface area contributed by atoms with Crippen molar-refractivity contribution in [2.75, 3.05) is 13.6 Å². The van der Waals surface area contributed by atoms with E-state index in [1.807, 2.05) is 6.92 Å². The molecule has 0 radical (unpaired) electrons. The molecule has 2 aliphatic carbocycles. The van der Waals surface area contributed by atoms with Gasteiger partial charge in [0.2, 0.25) is 5.88 Å². The van der Waals surface area contributed by atoms with E-state index in [2.05, 4.69) is 33.6 Å². The Kier molecular flexibility index (Phi) is 5.99. The summed E-state index contributed by atoms with van der Waals surface area (Å²) >= 11 is 0. The minimum absolute atomic E-state index is 0.131. The van der Waals surface area contributed by atoms with Crippen molar-refractivity contribution in [1.82, 2.24) is 34.8 Å². The van der Waals surface area contributed by atoms with Gasteiger partial charge in [-0.3, -0.25) is 14.5 Å². The molecule has 1 saturated heterocycles. The Morgan fingerprint density at radius 2 is 2.08 bits per heavy atom. The SMILES string of the molecule is C[C@H](Oc1cc(-n2cc3cc[nH]c(=O)c3n2)nc(-c2noc3c2CCC[C@@]32CCCCC2=O)n1)[C@@H]1C[CH+]CN1C. The smallest absolute Gasteiger partial charge is 0.276 e. The van der Waals surface area contributed by atoms with Crippen molar-refractivity contribution in [3.8, 4) is 23.2 Å². The number of carbonyl (C=O) groups excluding carboxylic acids is 1. The van der Waals surface area contributed by atoms with Gasteiger partial charge >= 0.3 is 0 Å². The van der Waals surface area contributed by atoms with Crippen LogP contribution in [0.4, 0.5) is 0 Å². The van der Waals surface area contributed by atoms with Gasteiger partial charge in [-0.1, -0.05) is 11.6 Å². The Labute approximate surface area is 230 Å². The number of pyridine rings is 1. The highest BCUT2D eigenvalue weighted by atomic mass is 16.5. The summed E-state index contributed by atoms with van der Waals surface area (Å²) in [4.78, 5) is 40.1. The molecule has 2 fully saturated rings. The van der Waals surface area contributed by atoms with Gasteiger partial charge in [0, 0.05) is 35.8 Å². The molecule has 11 heteroatoms. The normalized spacial score (nSPS) is 23.9. The number of aromatic amines is 1. The fourth-order valence-corrected chi connectivity index (χ4v) is 6.73. The van der Waals surface area contributed by atoms with Crippen LogP contribution < -0.4 is 10.3 Å². The Morgan fingerprint density at radius 3 is 2.88 bits per heavy atom. The number of H-pyrrole nitrogens is 1. The molecule has 1 aliphatic heterocycles. The molecule has 3 aliphatic rings. The van der Waals surface area contributed by atoms with Crippen molar-refractivity contribution in [2.24, 2.45) is 0 Å². The summed E-state index contributed by atoms with van der Waals surface area (Å²) < 4.78 is 13.9. The summed E-state index contributed by atoms with van der Waals surface area (Å²) in [5.74, 6) is 2.12. The Morgan fingerprint density at radius 1 is 1.20 bits per heavy atom. The van der Waals surface area contributed by atoms with Crippen molar-refractivity contribution in [1.29, 1.82) is 0 Å². The van der Waals surface area contributed by atoms with E-state index in [0.29, 0.717) is 46.3 Å². The van der Waals surface area contributed by atoms with E-state index in [9.17, 15) is 9.59 Å². The molecule has 1 N–H and O–H groups in total. The predicted molar refractivity (Wildman–Crippen MR) is 146 cm³/mol. The van der Waals surface area contributed by atoms with Crippen molar-refractivity contribution in [2.45, 2.75) is 75.9 Å². The lowest BCUT2D eigenvalue weighted by Gasteiger charge is -2.36. The molecule has 4 aromatic heterocycles. The molecular weight excluding hydrogens is 510 g/mol. The number of likely N-dealkylation sites (tertiary alicyclic amines) is 1. The molecule has 1 spiro atoms. The van der Waals surface area contributed by atoms with Gasteiger partial charge in [0.05, 0.1) is 17.9 Å². The quantitative estimate of drug-likeness (QED) is 0.376. The molecule has 0 aromatic carbocycles. The highest BCUT2D eigenvalue weighted by Crippen LogP contribution is 2.47. The molecule has 0 unspecified atom stereocenters. The third-order valence-electron chi connectivity index (χ3n) is 8.85. The van der Waals surface area contributed by atoms with E-state index in [4.69, 9.17) is 19.2 Å². The number of fused-ring (bicyclic) bond motifs is 3. The third-order valence-corrected chi connectivity index (χ3v) is 8.85. The molecule has 0 bridgehead atoms. The highest BCUT2D eigenvalue weighted by molar-refractivity contribution is 5.91. The second-order valence-corrected chi connectivity index (χ2v) is 11.3. The van der Waals surface area contributed by atoms with Gasteiger partial charge in [0.1, 0.15) is 24.9 Å². The fraction of sp³-hybridized carbons (Fsp3) is 0.483. The second-order valence-electron chi connectivity index (χ2n) is 11.3. The van der Waals surface area contributed by atoms with Crippen molar-refractivity contribution in [3.05, 3.63) is 52.6 Å². The van der Waals surface area contributed by atoms with Crippen molar-refractivity contribution < 1.29 is 14.1 Å². The molecular formula is C29H32N7O4+. The lowest BCUT2D eigenvalue weighted by Crippen LogP contribution is -2.41. The van der Waals surface area contributed by atoms with Crippen LogP contribution in [0.1, 0.15) is 63.2 Å². The van der Waals surface area contributed by atoms with E-state index in [1.54, 1.807) is 29.2 Å². The molecule has 7 rings (SSSR count). The number of aromatic nitrogens is 6. The summed E-state index contributed by atoms with van der Waals surface area (Å²) in [6.45, 7) is 2.96. The first-order valence-electron chi connectivity index (χ1n) is 14.1. The molecule has 5 heterocycles. The molecule has 40 heavy (non-hydrogen) atoms. The topological polar surface area (TPSA) is 132 Å². The first-order valence-corrected chi connectivity index (χ1v) is 14.1. The number of nitrogens with one attached hydrogen (secondary N) is 1. The number of Topliss-reactive ketones (excluding diaryl/α,β-unsaturated/α-hetero) is 1. The molecule has 206 valence electrons. The van der Waals surface area contributed by atoms with E-state index < -0.39 is 5.41 Å². The predicted octanol–water partition coefficient (Wildman–Crippen LogP) is 3.55. The zero-order valence-corrected chi connectivity index (χ0v) is 22.7. The number of ether oxygens (including phenoxy) is 1. The Balaban J connectivity index is 1.33. The maximum absolute atomic E-state index is 13.2. The molecule has 3 atom stereocenters. The molecule has 11 nitrogen and oxygen atoms in total. The Hall–Kier alpha value is -3.99. The standard InChI is InChI=1S/C29H31N7O4/c1-17(20-8-6-14-35(20)2)39-23-15-22(36-16-18-10-13-30-28(38)24(18)33-36)31-27(32-23)25-19-7-5-12-29(26(19)40-34-25)11-4-3-9-21(29)37/h6,10,13,15-17,20H,3-5,7-9,11-12,14H2,1-2H3/p+1/t17-,20-,29+/m0/s1. The van der Waals surface area contributed by atoms with E-state index in [-0.39, 0.29) is 23.5 Å². The number of rotatable bonds is 5. The van der Waals surface area contributed by atoms with Gasteiger partial charge in [-0.15, -0.1) is 0 Å². The summed E-state index contributed by atoms with van der Waals surface area (Å²) in [5, 5.41) is 9.65. The van der Waals surface area contributed by atoms with E-state index >= 15 is 0 Å². The maximum atomic E-state index is 13.2. The summed E-state index contributed by atoms with van der Waals surface area (Å²) in [6, 6.07) is 3.75. The zero-order chi connectivity index (χ0) is 27.4. The average Bonchev–Trinajstić information content (AvgIpc) is 3.69. The zero-order valence-electron chi connectivity index (χ0n) is 22.7. The van der Waals surface area contributed by atoms with Crippen LogP contribution in [0.5, 0.6) is 5.88 Å². The van der Waals surface area contributed by atoms with Gasteiger partial charge in [0.25, 0.3) is 5.56 Å². The van der Waals surface area contributed by atoms with Crippen LogP contribution in [0.15, 0.2) is 33.8 Å². The van der Waals surface area contributed by atoms with Gasteiger partial charge in [0.15, 0.2) is 28.6 Å². The summed E-state index contributed by atoms with van der Waals surface area (Å²) in [7, 11) is 2.09. The van der Waals surface area contributed by atoms with Gasteiger partial charge < -0.3 is 14.2 Å². The largest absolute Gasteiger partial charge is 0.473 e. The van der Waals surface area contributed by atoms with Crippen molar-refractivity contribution in [3.63, 3.8) is 0 Å². The first-order chi connectivity index (χ1) is 19.4. The number of ketones is 1. The van der Waals surface area contributed by atoms with E-state index in [1.165, 1.54) is 0 Å². The van der Waals surface area contributed by atoms with Crippen LogP contribution in [0.3, 0.4) is 0 Å². The fourth-order valence-electron chi connectivity index (χ4n) is 6.73. The summed E-state index contributed by atoms with van der Waals surface area (Å²) in [5.41, 5.74) is 0.896. The molecule has 0 amide bonds. The number of hydrogen-bond acceptors (Lipinski definition) is 9. The average molecular weight is 543 g/mol. The van der Waals surface area contributed by atoms with Gasteiger partial charge in [-0.25, -0.2) is 9.67 Å². The maximum Gasteiger partial charge on any atom is 0.276 e. The van der Waals surface area contributed by atoms with Crippen LogP contribution in [-0.4, -0.2) is 66.3 Å². The number of carbonyl (C=O) groups is 1. The number of likely N-dealkylation sites (N-methyl/N-ethyl adjacent to an activating group) is 1. The van der Waals surface area contributed by atoms with Gasteiger partial charge in [-0.05, 0) is 52.1 Å². The highest BCUT2D eigenvalue weighted by Gasteiger charge is 2.48. The molecule has 4 aromatic rings. The molecule has 1 saturated carbocycles. The second kappa shape index (κ2) is 9.58. The third kappa shape index (κ3) is 4.02. The van der Waals surface area contributed by atoms with Crippen LogP contribution in [-0.2, 0) is 16.6 Å².